The highest BCUT2D eigenvalue weighted by Crippen LogP contribution is 2.33. The Kier molecular flexibility index (Phi) is 7.12. The van der Waals surface area contributed by atoms with Gasteiger partial charge in [0.05, 0.1) is 10.4 Å². The second-order valence-electron chi connectivity index (χ2n) is 6.34. The Labute approximate surface area is 169 Å². The maximum atomic E-state index is 12.7. The fraction of sp³-hybridized carbons (Fsp3) is 0.286. The lowest BCUT2D eigenvalue weighted by Gasteiger charge is -2.17. The van der Waals surface area contributed by atoms with Crippen LogP contribution >= 0.6 is 11.3 Å². The summed E-state index contributed by atoms with van der Waals surface area (Å²) >= 11 is 1.08. The highest BCUT2D eigenvalue weighted by Gasteiger charge is 2.26. The first-order valence-electron chi connectivity index (χ1n) is 9.06. The highest BCUT2D eigenvalue weighted by atomic mass is 32.1. The zero-order valence-electron chi connectivity index (χ0n) is 16.5. The number of hydrogen-bond donors (Lipinski definition) is 2. The van der Waals surface area contributed by atoms with Gasteiger partial charge in [0, 0.05) is 19.2 Å². The molecule has 2 rings (SSSR count). The molecule has 1 aromatic heterocycles. The van der Waals surface area contributed by atoms with Gasteiger partial charge in [-0.3, -0.25) is 14.4 Å². The van der Waals surface area contributed by atoms with Crippen LogP contribution in [0.2, 0.25) is 0 Å². The predicted molar refractivity (Wildman–Crippen MR) is 114 cm³/mol. The summed E-state index contributed by atoms with van der Waals surface area (Å²) in [4.78, 5) is 39.0. The fourth-order valence-electron chi connectivity index (χ4n) is 2.76. The lowest BCUT2D eigenvalue weighted by atomic mass is 10.1. The third-order valence-corrected chi connectivity index (χ3v) is 5.57. The Hall–Kier alpha value is -2.93. The quantitative estimate of drug-likeness (QED) is 0.697. The summed E-state index contributed by atoms with van der Waals surface area (Å²) in [5.41, 5.74) is 8.19. The number of thiophene rings is 1. The van der Waals surface area contributed by atoms with Crippen LogP contribution in [0.15, 0.2) is 30.3 Å². The number of benzene rings is 1. The standard InChI is InChI=1S/C21H25N3O3S/c1-5-24(6-2)21(27)18-14(4)17(19(22)26)20(28-18)23-16(25)12-11-15-9-7-13(3)8-10-15/h7-12H,5-6H2,1-4H3,(H2,22,26)(H,23,25)/b12-11-. The number of aryl methyl sites for hydroxylation is 1. The molecule has 2 aromatic rings. The smallest absolute Gasteiger partial charge is 0.264 e. The van der Waals surface area contributed by atoms with E-state index in [9.17, 15) is 14.4 Å². The number of nitrogens with two attached hydrogens (primary N) is 1. The molecular weight excluding hydrogens is 374 g/mol. The minimum absolute atomic E-state index is 0.175. The fourth-order valence-corrected chi connectivity index (χ4v) is 3.94. The predicted octanol–water partition coefficient (Wildman–Crippen LogP) is 3.60. The van der Waals surface area contributed by atoms with Crippen molar-refractivity contribution in [3.05, 3.63) is 57.5 Å². The molecule has 0 aliphatic heterocycles. The van der Waals surface area contributed by atoms with Crippen molar-refractivity contribution in [2.24, 2.45) is 5.73 Å². The normalized spacial score (nSPS) is 10.9. The Morgan fingerprint density at radius 2 is 1.71 bits per heavy atom. The maximum Gasteiger partial charge on any atom is 0.264 e. The molecule has 6 nitrogen and oxygen atoms in total. The van der Waals surface area contributed by atoms with Crippen molar-refractivity contribution in [1.82, 2.24) is 4.90 Å². The number of carbonyl (C=O) groups excluding carboxylic acids is 3. The van der Waals surface area contributed by atoms with Crippen molar-refractivity contribution in [3.8, 4) is 0 Å². The average molecular weight is 400 g/mol. The molecule has 0 aliphatic carbocycles. The molecule has 1 aromatic carbocycles. The molecule has 0 bridgehead atoms. The molecule has 1 heterocycles. The molecule has 3 amide bonds. The zero-order valence-corrected chi connectivity index (χ0v) is 17.4. The Morgan fingerprint density at radius 3 is 2.25 bits per heavy atom. The van der Waals surface area contributed by atoms with Crippen molar-refractivity contribution < 1.29 is 14.4 Å². The van der Waals surface area contributed by atoms with Crippen LogP contribution in [0.4, 0.5) is 5.00 Å². The summed E-state index contributed by atoms with van der Waals surface area (Å²) in [5, 5.41) is 2.98. The zero-order chi connectivity index (χ0) is 20.8. The van der Waals surface area contributed by atoms with Crippen LogP contribution in [0, 0.1) is 13.8 Å². The van der Waals surface area contributed by atoms with Crippen molar-refractivity contribution in [1.29, 1.82) is 0 Å². The third-order valence-electron chi connectivity index (χ3n) is 4.38. The second-order valence-corrected chi connectivity index (χ2v) is 7.36. The number of primary amides is 1. The summed E-state index contributed by atoms with van der Waals surface area (Å²) < 4.78 is 0. The van der Waals surface area contributed by atoms with E-state index in [-0.39, 0.29) is 11.5 Å². The van der Waals surface area contributed by atoms with Gasteiger partial charge in [-0.05, 0) is 44.9 Å². The Balaban J connectivity index is 2.27. The van der Waals surface area contributed by atoms with Crippen LogP contribution in [0.25, 0.3) is 6.08 Å². The Morgan fingerprint density at radius 1 is 1.11 bits per heavy atom. The van der Waals surface area contributed by atoms with Crippen molar-refractivity contribution >= 4 is 40.1 Å². The van der Waals surface area contributed by atoms with E-state index >= 15 is 0 Å². The first kappa shape index (κ1) is 21.4. The van der Waals surface area contributed by atoms with E-state index in [4.69, 9.17) is 5.73 Å². The topological polar surface area (TPSA) is 92.5 Å². The van der Waals surface area contributed by atoms with Gasteiger partial charge >= 0.3 is 0 Å². The first-order chi connectivity index (χ1) is 13.3. The van der Waals surface area contributed by atoms with Crippen LogP contribution < -0.4 is 11.1 Å². The summed E-state index contributed by atoms with van der Waals surface area (Å²) in [5.74, 6) is -1.25. The molecule has 3 N–H and O–H groups in total. The molecular formula is C21H25N3O3S. The van der Waals surface area contributed by atoms with E-state index in [1.54, 1.807) is 17.9 Å². The average Bonchev–Trinajstić information content (AvgIpc) is 2.98. The van der Waals surface area contributed by atoms with Gasteiger partial charge in [-0.25, -0.2) is 0 Å². The van der Waals surface area contributed by atoms with Crippen molar-refractivity contribution in [2.75, 3.05) is 18.4 Å². The number of nitrogens with zero attached hydrogens (tertiary/aromatic N) is 1. The summed E-state index contributed by atoms with van der Waals surface area (Å²) in [6.45, 7) is 8.54. The minimum Gasteiger partial charge on any atom is -0.365 e. The summed E-state index contributed by atoms with van der Waals surface area (Å²) in [6.07, 6.45) is 3.07. The van der Waals surface area contributed by atoms with Gasteiger partial charge in [0.1, 0.15) is 5.00 Å². The van der Waals surface area contributed by atoms with Crippen LogP contribution in [0.1, 0.15) is 50.6 Å². The van der Waals surface area contributed by atoms with Crippen molar-refractivity contribution in [2.45, 2.75) is 27.7 Å². The van der Waals surface area contributed by atoms with Crippen LogP contribution in [-0.4, -0.2) is 35.7 Å². The van der Waals surface area contributed by atoms with Gasteiger partial charge in [-0.15, -0.1) is 11.3 Å². The lowest BCUT2D eigenvalue weighted by Crippen LogP contribution is -2.30. The van der Waals surface area contributed by atoms with E-state index < -0.39 is 11.8 Å². The van der Waals surface area contributed by atoms with Crippen molar-refractivity contribution in [3.63, 3.8) is 0 Å². The molecule has 148 valence electrons. The number of nitrogens with one attached hydrogen (secondary N) is 1. The van der Waals surface area contributed by atoms with Gasteiger partial charge < -0.3 is 16.0 Å². The summed E-state index contributed by atoms with van der Waals surface area (Å²) in [6, 6.07) is 7.72. The van der Waals surface area contributed by atoms with Gasteiger partial charge in [0.25, 0.3) is 11.8 Å². The number of rotatable bonds is 7. The van der Waals surface area contributed by atoms with Gasteiger partial charge in [-0.2, -0.15) is 0 Å². The van der Waals surface area contributed by atoms with Crippen LogP contribution in [0.5, 0.6) is 0 Å². The number of amides is 3. The molecule has 0 atom stereocenters. The molecule has 0 saturated heterocycles. The molecule has 0 aliphatic rings. The first-order valence-corrected chi connectivity index (χ1v) is 9.88. The number of anilines is 1. The molecule has 28 heavy (non-hydrogen) atoms. The summed E-state index contributed by atoms with van der Waals surface area (Å²) in [7, 11) is 0. The molecule has 0 saturated carbocycles. The molecule has 0 spiro atoms. The van der Waals surface area contributed by atoms with E-state index in [1.807, 2.05) is 45.0 Å². The Bertz CT molecular complexity index is 910. The minimum atomic E-state index is -0.676. The second kappa shape index (κ2) is 9.32. The monoisotopic (exact) mass is 399 g/mol. The molecule has 0 fully saturated rings. The number of hydrogen-bond acceptors (Lipinski definition) is 4. The van der Waals surface area contributed by atoms with E-state index in [2.05, 4.69) is 5.32 Å². The molecule has 0 radical (unpaired) electrons. The lowest BCUT2D eigenvalue weighted by molar-refractivity contribution is -0.111. The third kappa shape index (κ3) is 4.86. The van der Waals surface area contributed by atoms with Crippen LogP contribution in [0.3, 0.4) is 0 Å². The number of carbonyl (C=O) groups is 3. The van der Waals surface area contributed by atoms with E-state index in [1.165, 1.54) is 6.08 Å². The van der Waals surface area contributed by atoms with Gasteiger partial charge in [0.2, 0.25) is 5.91 Å². The SMILES string of the molecule is CCN(CC)C(=O)c1sc(NC(=O)/C=C\c2ccc(C)cc2)c(C(N)=O)c1C. The van der Waals surface area contributed by atoms with Gasteiger partial charge in [-0.1, -0.05) is 29.8 Å². The van der Waals surface area contributed by atoms with Gasteiger partial charge in [0.15, 0.2) is 0 Å². The molecule has 0 unspecified atom stereocenters. The molecule has 7 heteroatoms. The van der Waals surface area contributed by atoms with Crippen LogP contribution in [-0.2, 0) is 4.79 Å². The largest absolute Gasteiger partial charge is 0.365 e. The van der Waals surface area contributed by atoms with E-state index in [0.717, 1.165) is 22.5 Å². The van der Waals surface area contributed by atoms with E-state index in [0.29, 0.717) is 28.5 Å². The maximum absolute atomic E-state index is 12.7. The highest BCUT2D eigenvalue weighted by molar-refractivity contribution is 7.18.